The maximum atomic E-state index is 11.0. The number of carbonyl (C=O) groups excluding carboxylic acids is 1. The molecule has 1 aromatic carbocycles. The molecule has 2 heterocycles. The molecule has 0 unspecified atom stereocenters. The number of aliphatic hydroxyl groups is 1. The summed E-state index contributed by atoms with van der Waals surface area (Å²) >= 11 is 0. The average molecular weight is 411 g/mol. The number of pyridine rings is 1. The number of nitrogens with one attached hydrogen (secondary N) is 2. The normalized spacial score (nSPS) is 11.0. The van der Waals surface area contributed by atoms with Crippen LogP contribution in [0.2, 0.25) is 0 Å². The molecule has 7 heteroatoms. The van der Waals surface area contributed by atoms with E-state index in [1.165, 1.54) is 17.0 Å². The van der Waals surface area contributed by atoms with Gasteiger partial charge in [-0.3, -0.25) is 19.9 Å². The number of carbonyl (C=O) groups is 1. The molecule has 3 aromatic rings. The molecule has 0 radical (unpaired) electrons. The number of aromatic amines is 1. The van der Waals surface area contributed by atoms with Crippen LogP contribution >= 0.6 is 0 Å². The highest BCUT2D eigenvalue weighted by Crippen LogP contribution is 2.18. The number of benzene rings is 1. The first kappa shape index (κ1) is 23.3. The van der Waals surface area contributed by atoms with E-state index in [0.29, 0.717) is 13.1 Å². The average Bonchev–Trinajstić information content (AvgIpc) is 3.28. The van der Waals surface area contributed by atoms with Gasteiger partial charge in [0.15, 0.2) is 0 Å². The quantitative estimate of drug-likeness (QED) is 0.247. The minimum atomic E-state index is -0.587. The first-order chi connectivity index (χ1) is 14.7. The predicted octanol–water partition coefficient (Wildman–Crippen LogP) is 3.14. The Kier molecular flexibility index (Phi) is 9.73. The number of amides is 1. The molecular formula is C23H30N4O3. The number of hydrogen-bond donors (Lipinski definition) is 4. The number of aliphatic hydroxyl groups excluding tert-OH is 1. The summed E-state index contributed by atoms with van der Waals surface area (Å²) in [4.78, 5) is 20.8. The van der Waals surface area contributed by atoms with E-state index in [1.54, 1.807) is 17.8 Å². The van der Waals surface area contributed by atoms with Gasteiger partial charge in [-0.25, -0.2) is 5.48 Å². The minimum Gasteiger partial charge on any atom is -0.395 e. The Morgan fingerprint density at radius 1 is 1.20 bits per heavy atom. The van der Waals surface area contributed by atoms with Crippen molar-refractivity contribution >= 4 is 22.9 Å². The van der Waals surface area contributed by atoms with Gasteiger partial charge in [0.05, 0.1) is 12.3 Å². The van der Waals surface area contributed by atoms with E-state index in [4.69, 9.17) is 5.21 Å². The van der Waals surface area contributed by atoms with Crippen LogP contribution in [0.4, 0.5) is 0 Å². The summed E-state index contributed by atoms with van der Waals surface area (Å²) in [6, 6.07) is 12.1. The zero-order valence-corrected chi connectivity index (χ0v) is 17.5. The van der Waals surface area contributed by atoms with Crippen LogP contribution in [0.5, 0.6) is 0 Å². The maximum Gasteiger partial charge on any atom is 0.267 e. The van der Waals surface area contributed by atoms with E-state index in [9.17, 15) is 9.90 Å². The van der Waals surface area contributed by atoms with Crippen LogP contribution in [0, 0.1) is 0 Å². The molecule has 0 aliphatic carbocycles. The van der Waals surface area contributed by atoms with Crippen molar-refractivity contribution in [2.75, 3.05) is 19.7 Å². The van der Waals surface area contributed by atoms with Gasteiger partial charge in [0, 0.05) is 49.0 Å². The fourth-order valence-corrected chi connectivity index (χ4v) is 3.12. The monoisotopic (exact) mass is 410 g/mol. The minimum absolute atomic E-state index is 0.0887. The highest BCUT2D eigenvalue weighted by Gasteiger charge is 2.09. The highest BCUT2D eigenvalue weighted by atomic mass is 16.5. The molecule has 0 spiro atoms. The molecule has 0 fully saturated rings. The molecule has 2 aromatic heterocycles. The van der Waals surface area contributed by atoms with Crippen molar-refractivity contribution in [3.63, 3.8) is 0 Å². The second-order valence-electron chi connectivity index (χ2n) is 6.50. The van der Waals surface area contributed by atoms with Crippen molar-refractivity contribution < 1.29 is 15.1 Å². The van der Waals surface area contributed by atoms with Crippen molar-refractivity contribution in [1.82, 2.24) is 20.3 Å². The number of rotatable bonds is 9. The second kappa shape index (κ2) is 12.5. The SMILES string of the molecule is CC.O=C(/C=C/c1ccc(CN(CCO)CCc2cccc3[nH]ccc23)nc1)NO. The van der Waals surface area contributed by atoms with E-state index >= 15 is 0 Å². The van der Waals surface area contributed by atoms with Crippen molar-refractivity contribution in [3.8, 4) is 0 Å². The first-order valence-electron chi connectivity index (χ1n) is 10.1. The lowest BCUT2D eigenvalue weighted by Crippen LogP contribution is -2.29. The highest BCUT2D eigenvalue weighted by molar-refractivity contribution is 5.90. The van der Waals surface area contributed by atoms with Crippen molar-refractivity contribution in [2.45, 2.75) is 26.8 Å². The molecular weight excluding hydrogens is 380 g/mol. The Morgan fingerprint density at radius 3 is 2.73 bits per heavy atom. The Hall–Kier alpha value is -3.00. The number of fused-ring (bicyclic) bond motifs is 1. The molecule has 0 bridgehead atoms. The third kappa shape index (κ3) is 6.81. The maximum absolute atomic E-state index is 11.0. The summed E-state index contributed by atoms with van der Waals surface area (Å²) in [7, 11) is 0. The van der Waals surface area contributed by atoms with E-state index < -0.39 is 5.91 Å². The smallest absolute Gasteiger partial charge is 0.267 e. The molecule has 0 saturated heterocycles. The Labute approximate surface area is 177 Å². The lowest BCUT2D eigenvalue weighted by Gasteiger charge is -2.21. The molecule has 30 heavy (non-hydrogen) atoms. The third-order valence-electron chi connectivity index (χ3n) is 4.57. The van der Waals surface area contributed by atoms with Gasteiger partial charge in [0.2, 0.25) is 0 Å². The number of H-pyrrole nitrogens is 1. The zero-order chi connectivity index (χ0) is 21.8. The van der Waals surface area contributed by atoms with Gasteiger partial charge < -0.3 is 10.1 Å². The lowest BCUT2D eigenvalue weighted by molar-refractivity contribution is -0.124. The van der Waals surface area contributed by atoms with Crippen molar-refractivity contribution in [1.29, 1.82) is 0 Å². The van der Waals surface area contributed by atoms with Gasteiger partial charge >= 0.3 is 0 Å². The van der Waals surface area contributed by atoms with E-state index in [2.05, 4.69) is 39.1 Å². The molecule has 0 aliphatic rings. The van der Waals surface area contributed by atoms with Crippen molar-refractivity contribution in [3.05, 3.63) is 71.7 Å². The van der Waals surface area contributed by atoms with Crippen LogP contribution in [-0.2, 0) is 17.8 Å². The largest absolute Gasteiger partial charge is 0.395 e. The van der Waals surface area contributed by atoms with Gasteiger partial charge in [0.1, 0.15) is 0 Å². The summed E-state index contributed by atoms with van der Waals surface area (Å²) in [5, 5.41) is 19.1. The van der Waals surface area contributed by atoms with Crippen LogP contribution in [0.25, 0.3) is 17.0 Å². The molecule has 3 rings (SSSR count). The standard InChI is InChI=1S/C21H24N4O3.C2H6/c26-13-12-25(11-9-17-2-1-3-20-19(17)8-10-22-20)15-18-6-4-16(14-23-18)5-7-21(27)24-28;1-2/h1-8,10,14,22,26,28H,9,11-13,15H2,(H,24,27);1-2H3/b7-5+;. The van der Waals surface area contributed by atoms with E-state index in [-0.39, 0.29) is 6.61 Å². The lowest BCUT2D eigenvalue weighted by atomic mass is 10.1. The molecule has 0 saturated carbocycles. The van der Waals surface area contributed by atoms with Gasteiger partial charge in [-0.15, -0.1) is 0 Å². The summed E-state index contributed by atoms with van der Waals surface area (Å²) in [6.45, 7) is 6.10. The molecule has 0 atom stereocenters. The third-order valence-corrected chi connectivity index (χ3v) is 4.57. The Bertz CT molecular complexity index is 935. The first-order valence-corrected chi connectivity index (χ1v) is 10.1. The Morgan fingerprint density at radius 2 is 2.03 bits per heavy atom. The molecule has 160 valence electrons. The number of aromatic nitrogens is 2. The van der Waals surface area contributed by atoms with E-state index in [0.717, 1.165) is 29.7 Å². The number of nitrogens with zero attached hydrogens (tertiary/aromatic N) is 2. The molecule has 1 amide bonds. The van der Waals surface area contributed by atoms with Crippen molar-refractivity contribution in [2.24, 2.45) is 0 Å². The van der Waals surface area contributed by atoms with Crippen LogP contribution in [0.15, 0.2) is 54.9 Å². The zero-order valence-electron chi connectivity index (χ0n) is 17.5. The topological polar surface area (TPSA) is 101 Å². The van der Waals surface area contributed by atoms with Crippen LogP contribution in [0.3, 0.4) is 0 Å². The predicted molar refractivity (Wildman–Crippen MR) is 119 cm³/mol. The summed E-state index contributed by atoms with van der Waals surface area (Å²) in [5.41, 5.74) is 5.60. The molecule has 4 N–H and O–H groups in total. The fourth-order valence-electron chi connectivity index (χ4n) is 3.12. The molecule has 7 nitrogen and oxygen atoms in total. The molecule has 0 aliphatic heterocycles. The second-order valence-corrected chi connectivity index (χ2v) is 6.50. The Balaban J connectivity index is 0.00000155. The van der Waals surface area contributed by atoms with Gasteiger partial charge in [-0.1, -0.05) is 32.0 Å². The van der Waals surface area contributed by atoms with Gasteiger partial charge in [-0.2, -0.15) is 0 Å². The van der Waals surface area contributed by atoms with Gasteiger partial charge in [-0.05, 0) is 41.8 Å². The fraction of sp³-hybridized carbons (Fsp3) is 0.304. The van der Waals surface area contributed by atoms with Crippen LogP contribution < -0.4 is 5.48 Å². The van der Waals surface area contributed by atoms with Crippen LogP contribution in [-0.4, -0.2) is 50.8 Å². The summed E-state index contributed by atoms with van der Waals surface area (Å²) < 4.78 is 0. The van der Waals surface area contributed by atoms with Crippen LogP contribution in [0.1, 0.15) is 30.7 Å². The summed E-state index contributed by atoms with van der Waals surface area (Å²) in [5.74, 6) is -0.587. The summed E-state index contributed by atoms with van der Waals surface area (Å²) in [6.07, 6.45) is 7.31. The number of hydrogen-bond acceptors (Lipinski definition) is 5. The number of hydroxylamine groups is 1. The van der Waals surface area contributed by atoms with Gasteiger partial charge in [0.25, 0.3) is 5.91 Å². The van der Waals surface area contributed by atoms with E-state index in [1.807, 2.05) is 32.2 Å².